The first kappa shape index (κ1) is 14.3. The molecule has 3 rings (SSSR count). The van der Waals surface area contributed by atoms with Gasteiger partial charge in [0.05, 0.1) is 12.7 Å². The molecule has 0 amide bonds. The van der Waals surface area contributed by atoms with Crippen molar-refractivity contribution in [2.45, 2.75) is 13.0 Å². The highest BCUT2D eigenvalue weighted by Crippen LogP contribution is 2.42. The molecule has 2 aromatic carbocycles. The number of benzene rings is 2. The van der Waals surface area contributed by atoms with E-state index in [0.717, 1.165) is 11.1 Å². The van der Waals surface area contributed by atoms with E-state index < -0.39 is 11.9 Å². The molecule has 1 N–H and O–H groups in total. The first-order valence-electron chi connectivity index (χ1n) is 6.93. The average molecular weight is 295 g/mol. The quantitative estimate of drug-likeness (QED) is 0.818. The van der Waals surface area contributed by atoms with E-state index in [0.29, 0.717) is 22.5 Å². The molecule has 1 aliphatic rings. The van der Waals surface area contributed by atoms with Gasteiger partial charge in [-0.05, 0) is 30.7 Å². The summed E-state index contributed by atoms with van der Waals surface area (Å²) in [7, 11) is 0. The van der Waals surface area contributed by atoms with E-state index in [2.05, 4.69) is 6.07 Å². The molecule has 0 saturated heterocycles. The van der Waals surface area contributed by atoms with Crippen LogP contribution in [0.25, 0.3) is 5.57 Å². The monoisotopic (exact) mass is 295 g/mol. The second-order valence-corrected chi connectivity index (χ2v) is 5.13. The van der Waals surface area contributed by atoms with Gasteiger partial charge >= 0.3 is 0 Å². The predicted octanol–water partition coefficient (Wildman–Crippen LogP) is 3.60. The molecule has 1 unspecified atom stereocenters. The molecule has 1 atom stereocenters. The van der Waals surface area contributed by atoms with Crippen LogP contribution in [0.3, 0.4) is 0 Å². The number of nitriles is 1. The molecule has 0 bridgehead atoms. The van der Waals surface area contributed by atoms with Gasteiger partial charge in [-0.2, -0.15) is 5.26 Å². The summed E-state index contributed by atoms with van der Waals surface area (Å²) in [4.78, 5) is 0. The Morgan fingerprint density at radius 2 is 2.05 bits per heavy atom. The molecular formula is C18H14FNO2. The van der Waals surface area contributed by atoms with Crippen molar-refractivity contribution in [2.24, 2.45) is 0 Å². The van der Waals surface area contributed by atoms with Gasteiger partial charge in [-0.3, -0.25) is 0 Å². The fraction of sp³-hybridized carbons (Fsp3) is 0.167. The van der Waals surface area contributed by atoms with Crippen LogP contribution in [0.5, 0.6) is 5.75 Å². The van der Waals surface area contributed by atoms with E-state index in [4.69, 9.17) is 4.74 Å². The average Bonchev–Trinajstić information content (AvgIpc) is 2.68. The summed E-state index contributed by atoms with van der Waals surface area (Å²) in [6, 6.07) is 13.7. The first-order valence-corrected chi connectivity index (χ1v) is 6.93. The van der Waals surface area contributed by atoms with E-state index >= 15 is 0 Å². The molecule has 0 aliphatic carbocycles. The number of nitrogens with zero attached hydrogens (tertiary/aromatic N) is 1. The highest BCUT2D eigenvalue weighted by atomic mass is 19.1. The van der Waals surface area contributed by atoms with E-state index in [-0.39, 0.29) is 6.61 Å². The van der Waals surface area contributed by atoms with Crippen LogP contribution in [-0.2, 0) is 0 Å². The van der Waals surface area contributed by atoms with Crippen molar-refractivity contribution in [2.75, 3.05) is 6.61 Å². The topological polar surface area (TPSA) is 53.2 Å². The molecule has 1 aliphatic heterocycles. The smallest absolute Gasteiger partial charge is 0.147 e. The molecule has 4 heteroatoms. The van der Waals surface area contributed by atoms with Crippen LogP contribution >= 0.6 is 0 Å². The minimum absolute atomic E-state index is 0.202. The highest BCUT2D eigenvalue weighted by molar-refractivity contribution is 5.88. The Bertz CT molecular complexity index is 805. The second-order valence-electron chi connectivity index (χ2n) is 5.13. The van der Waals surface area contributed by atoms with Crippen LogP contribution in [0.15, 0.2) is 48.0 Å². The summed E-state index contributed by atoms with van der Waals surface area (Å²) in [6.07, 6.45) is -0.551. The third-order valence-electron chi connectivity index (χ3n) is 3.77. The molecule has 0 saturated carbocycles. The molecular weight excluding hydrogens is 281 g/mol. The summed E-state index contributed by atoms with van der Waals surface area (Å²) >= 11 is 0. The molecule has 1 heterocycles. The maximum absolute atomic E-state index is 13.7. The van der Waals surface area contributed by atoms with Crippen molar-refractivity contribution in [3.63, 3.8) is 0 Å². The van der Waals surface area contributed by atoms with Gasteiger partial charge in [-0.1, -0.05) is 24.3 Å². The minimum Gasteiger partial charge on any atom is -0.483 e. The molecule has 0 aromatic heterocycles. The van der Waals surface area contributed by atoms with Gasteiger partial charge in [0.15, 0.2) is 0 Å². The lowest BCUT2D eigenvalue weighted by atomic mass is 9.89. The molecule has 2 aromatic rings. The van der Waals surface area contributed by atoms with Crippen molar-refractivity contribution < 1.29 is 14.2 Å². The van der Waals surface area contributed by atoms with Crippen LogP contribution in [-0.4, -0.2) is 11.7 Å². The first-order chi connectivity index (χ1) is 10.7. The van der Waals surface area contributed by atoms with Gasteiger partial charge < -0.3 is 9.84 Å². The van der Waals surface area contributed by atoms with E-state index in [9.17, 15) is 14.8 Å². The lowest BCUT2D eigenvalue weighted by Gasteiger charge is -2.16. The SMILES string of the molecule is CC(C#N)=C1c2cc(F)ccc2OC(CO)c2ccccc21. The minimum atomic E-state index is -0.551. The zero-order valence-electron chi connectivity index (χ0n) is 12.0. The highest BCUT2D eigenvalue weighted by Gasteiger charge is 2.27. The zero-order chi connectivity index (χ0) is 15.7. The van der Waals surface area contributed by atoms with Gasteiger partial charge in [0.2, 0.25) is 0 Å². The standard InChI is InChI=1S/C18H14FNO2/c1-11(9-20)18-14-5-3-2-4-13(14)17(10-21)22-16-7-6-12(19)8-15(16)18/h2-8,17,21H,10H2,1H3. The number of hydrogen-bond donors (Lipinski definition) is 1. The second kappa shape index (κ2) is 5.63. The normalized spacial score (nSPS) is 18.4. The van der Waals surface area contributed by atoms with E-state index in [1.54, 1.807) is 6.92 Å². The number of aliphatic hydroxyl groups excluding tert-OH is 1. The maximum Gasteiger partial charge on any atom is 0.147 e. The number of ether oxygens (including phenoxy) is 1. The van der Waals surface area contributed by atoms with Gasteiger partial charge in [-0.15, -0.1) is 0 Å². The Morgan fingerprint density at radius 1 is 1.27 bits per heavy atom. The molecule has 0 fully saturated rings. The van der Waals surface area contributed by atoms with Crippen LogP contribution in [0.2, 0.25) is 0 Å². The van der Waals surface area contributed by atoms with Crippen molar-refractivity contribution in [1.29, 1.82) is 5.26 Å². The summed E-state index contributed by atoms with van der Waals surface area (Å²) in [6.45, 7) is 1.49. The predicted molar refractivity (Wildman–Crippen MR) is 80.6 cm³/mol. The van der Waals surface area contributed by atoms with Crippen molar-refractivity contribution in [3.05, 3.63) is 70.5 Å². The van der Waals surface area contributed by atoms with Crippen LogP contribution in [0.1, 0.15) is 29.7 Å². The summed E-state index contributed by atoms with van der Waals surface area (Å²) in [5.74, 6) is 0.0618. The fourth-order valence-electron chi connectivity index (χ4n) is 2.76. The largest absolute Gasteiger partial charge is 0.483 e. The Hall–Kier alpha value is -2.64. The number of fused-ring (bicyclic) bond motifs is 2. The number of halogens is 1. The van der Waals surface area contributed by atoms with Crippen molar-refractivity contribution in [1.82, 2.24) is 0 Å². The zero-order valence-corrected chi connectivity index (χ0v) is 12.0. The van der Waals surface area contributed by atoms with Gasteiger partial charge in [0.1, 0.15) is 17.7 Å². The Morgan fingerprint density at radius 3 is 2.77 bits per heavy atom. The molecule has 3 nitrogen and oxygen atoms in total. The number of hydrogen-bond acceptors (Lipinski definition) is 3. The number of aliphatic hydroxyl groups is 1. The molecule has 0 spiro atoms. The van der Waals surface area contributed by atoms with Crippen LogP contribution < -0.4 is 4.74 Å². The summed E-state index contributed by atoms with van der Waals surface area (Å²) < 4.78 is 19.6. The maximum atomic E-state index is 13.7. The lowest BCUT2D eigenvalue weighted by Crippen LogP contribution is -2.12. The Labute approximate surface area is 127 Å². The summed E-state index contributed by atoms with van der Waals surface area (Å²) in [5, 5.41) is 19.0. The Balaban J connectivity index is 2.39. The summed E-state index contributed by atoms with van der Waals surface area (Å²) in [5.41, 5.74) is 3.21. The third kappa shape index (κ3) is 2.26. The van der Waals surface area contributed by atoms with Gasteiger partial charge in [0.25, 0.3) is 0 Å². The van der Waals surface area contributed by atoms with E-state index in [1.807, 2.05) is 24.3 Å². The third-order valence-corrected chi connectivity index (χ3v) is 3.77. The molecule has 110 valence electrons. The Kier molecular flexibility index (Phi) is 3.66. The van der Waals surface area contributed by atoms with E-state index in [1.165, 1.54) is 18.2 Å². The lowest BCUT2D eigenvalue weighted by molar-refractivity contribution is 0.117. The molecule has 0 radical (unpaired) electrons. The van der Waals surface area contributed by atoms with Crippen molar-refractivity contribution >= 4 is 5.57 Å². The van der Waals surface area contributed by atoms with Crippen LogP contribution in [0.4, 0.5) is 4.39 Å². The number of allylic oxidation sites excluding steroid dienone is 1. The van der Waals surface area contributed by atoms with Gasteiger partial charge in [0, 0.05) is 22.3 Å². The van der Waals surface area contributed by atoms with Gasteiger partial charge in [-0.25, -0.2) is 4.39 Å². The fourth-order valence-corrected chi connectivity index (χ4v) is 2.76. The van der Waals surface area contributed by atoms with Crippen molar-refractivity contribution in [3.8, 4) is 11.8 Å². The number of rotatable bonds is 1. The van der Waals surface area contributed by atoms with Crippen LogP contribution in [0, 0.1) is 17.1 Å². The molecule has 22 heavy (non-hydrogen) atoms.